The highest BCUT2D eigenvalue weighted by Crippen LogP contribution is 2.16. The van der Waals surface area contributed by atoms with E-state index >= 15 is 0 Å². The van der Waals surface area contributed by atoms with Crippen molar-refractivity contribution in [1.29, 1.82) is 0 Å². The molecule has 0 fully saturated rings. The van der Waals surface area contributed by atoms with Gasteiger partial charge >= 0.3 is 0 Å². The number of carbonyl (C=O) groups is 1. The molecular weight excluding hydrogens is 326 g/mol. The fourth-order valence-corrected chi connectivity index (χ4v) is 3.39. The van der Waals surface area contributed by atoms with E-state index in [0.29, 0.717) is 17.3 Å². The minimum atomic E-state index is -0.110. The predicted molar refractivity (Wildman–Crippen MR) is 90.4 cm³/mol. The number of halogens is 1. The maximum absolute atomic E-state index is 11.6. The van der Waals surface area contributed by atoms with Crippen LogP contribution >= 0.6 is 34.7 Å². The summed E-state index contributed by atoms with van der Waals surface area (Å²) in [4.78, 5) is 13.0. The van der Waals surface area contributed by atoms with Gasteiger partial charge in [-0.3, -0.25) is 4.79 Å². The van der Waals surface area contributed by atoms with E-state index in [1.54, 1.807) is 35.6 Å². The lowest BCUT2D eigenvalue weighted by atomic mass is 10.3. The normalized spacial score (nSPS) is 10.3. The molecule has 1 heterocycles. The van der Waals surface area contributed by atoms with E-state index in [1.165, 1.54) is 4.88 Å². The number of rotatable bonds is 8. The van der Waals surface area contributed by atoms with Crippen molar-refractivity contribution in [3.8, 4) is 5.75 Å². The summed E-state index contributed by atoms with van der Waals surface area (Å²) in [5.74, 6) is 2.42. The van der Waals surface area contributed by atoms with Gasteiger partial charge in [-0.05, 0) is 35.7 Å². The first-order chi connectivity index (χ1) is 10.2. The summed E-state index contributed by atoms with van der Waals surface area (Å²) in [6.07, 6.45) is 0. The molecule has 2 aromatic rings. The lowest BCUT2D eigenvalue weighted by Gasteiger charge is -2.07. The molecule has 1 aromatic heterocycles. The third-order valence-corrected chi connectivity index (χ3v) is 4.90. The number of benzene rings is 1. The Morgan fingerprint density at radius 2 is 2.10 bits per heavy atom. The second-order valence-electron chi connectivity index (χ2n) is 4.22. The van der Waals surface area contributed by atoms with E-state index < -0.39 is 0 Å². The van der Waals surface area contributed by atoms with Gasteiger partial charge < -0.3 is 10.1 Å². The average molecular weight is 342 g/mol. The van der Waals surface area contributed by atoms with Crippen LogP contribution in [0.5, 0.6) is 5.75 Å². The molecule has 0 aliphatic rings. The van der Waals surface area contributed by atoms with Gasteiger partial charge in [0, 0.05) is 28.0 Å². The van der Waals surface area contributed by atoms with Gasteiger partial charge in [0.25, 0.3) is 5.91 Å². The zero-order chi connectivity index (χ0) is 14.9. The molecule has 2 rings (SSSR count). The standard InChI is InChI=1S/C15H16ClNO2S2/c16-12-3-5-13(6-4-12)19-10-15(18)17-7-9-20-11-14-2-1-8-21-14/h1-6,8H,7,9-11H2,(H,17,18). The number of ether oxygens (including phenoxy) is 1. The average Bonchev–Trinajstić information content (AvgIpc) is 2.99. The quantitative estimate of drug-likeness (QED) is 0.741. The van der Waals surface area contributed by atoms with Gasteiger partial charge in [-0.1, -0.05) is 17.7 Å². The fraction of sp³-hybridized carbons (Fsp3) is 0.267. The molecule has 3 nitrogen and oxygen atoms in total. The molecule has 112 valence electrons. The van der Waals surface area contributed by atoms with Crippen molar-refractivity contribution in [1.82, 2.24) is 5.32 Å². The number of thioether (sulfide) groups is 1. The van der Waals surface area contributed by atoms with Crippen molar-refractivity contribution in [2.24, 2.45) is 0 Å². The molecule has 1 amide bonds. The van der Waals surface area contributed by atoms with Gasteiger partial charge in [0.15, 0.2) is 6.61 Å². The van der Waals surface area contributed by atoms with E-state index in [4.69, 9.17) is 16.3 Å². The number of hydrogen-bond donors (Lipinski definition) is 1. The van der Waals surface area contributed by atoms with Gasteiger partial charge in [-0.25, -0.2) is 0 Å². The Labute approximate surface area is 137 Å². The van der Waals surface area contributed by atoms with Crippen LogP contribution in [0.2, 0.25) is 5.02 Å². The molecule has 0 aliphatic carbocycles. The summed E-state index contributed by atoms with van der Waals surface area (Å²) in [6.45, 7) is 0.677. The lowest BCUT2D eigenvalue weighted by Crippen LogP contribution is -2.30. The molecular formula is C15H16ClNO2S2. The maximum Gasteiger partial charge on any atom is 0.257 e. The number of amides is 1. The van der Waals surface area contributed by atoms with Crippen molar-refractivity contribution in [3.05, 3.63) is 51.7 Å². The van der Waals surface area contributed by atoms with Crippen molar-refractivity contribution >= 4 is 40.6 Å². The Morgan fingerprint density at radius 3 is 2.81 bits per heavy atom. The van der Waals surface area contributed by atoms with Crippen molar-refractivity contribution in [2.75, 3.05) is 18.9 Å². The van der Waals surface area contributed by atoms with E-state index in [0.717, 1.165) is 11.5 Å². The minimum Gasteiger partial charge on any atom is -0.484 e. The van der Waals surface area contributed by atoms with E-state index in [1.807, 2.05) is 11.8 Å². The highest BCUT2D eigenvalue weighted by atomic mass is 35.5. The topological polar surface area (TPSA) is 38.3 Å². The Bertz CT molecular complexity index is 543. The van der Waals surface area contributed by atoms with Crippen LogP contribution in [0.4, 0.5) is 0 Å². The number of nitrogens with one attached hydrogen (secondary N) is 1. The molecule has 1 N–H and O–H groups in total. The summed E-state index contributed by atoms with van der Waals surface area (Å²) in [7, 11) is 0. The van der Waals surface area contributed by atoms with Crippen LogP contribution in [0.15, 0.2) is 41.8 Å². The first kappa shape index (κ1) is 16.2. The van der Waals surface area contributed by atoms with Crippen LogP contribution in [0.3, 0.4) is 0 Å². The summed E-state index contributed by atoms with van der Waals surface area (Å²) in [5.41, 5.74) is 0. The van der Waals surface area contributed by atoms with Crippen LogP contribution in [-0.4, -0.2) is 24.8 Å². The van der Waals surface area contributed by atoms with Crippen molar-refractivity contribution in [3.63, 3.8) is 0 Å². The highest BCUT2D eigenvalue weighted by Gasteiger charge is 2.02. The summed E-state index contributed by atoms with van der Waals surface area (Å²) < 4.78 is 5.36. The van der Waals surface area contributed by atoms with Gasteiger partial charge in [0.05, 0.1) is 0 Å². The molecule has 21 heavy (non-hydrogen) atoms. The SMILES string of the molecule is O=C(COc1ccc(Cl)cc1)NCCSCc1cccs1. The summed E-state index contributed by atoms with van der Waals surface area (Å²) in [5, 5.41) is 5.56. The second kappa shape index (κ2) is 8.97. The Morgan fingerprint density at radius 1 is 1.29 bits per heavy atom. The molecule has 0 spiro atoms. The molecule has 6 heteroatoms. The first-order valence-electron chi connectivity index (χ1n) is 6.49. The monoisotopic (exact) mass is 341 g/mol. The molecule has 0 bridgehead atoms. The molecule has 0 radical (unpaired) electrons. The van der Waals surface area contributed by atoms with Gasteiger partial charge in [0.1, 0.15) is 5.75 Å². The predicted octanol–water partition coefficient (Wildman–Crippen LogP) is 3.83. The molecule has 0 atom stereocenters. The first-order valence-corrected chi connectivity index (χ1v) is 8.90. The van der Waals surface area contributed by atoms with Gasteiger partial charge in [-0.2, -0.15) is 11.8 Å². The molecule has 0 saturated carbocycles. The zero-order valence-corrected chi connectivity index (χ0v) is 13.8. The van der Waals surface area contributed by atoms with E-state index in [2.05, 4.69) is 22.8 Å². The van der Waals surface area contributed by atoms with E-state index in [9.17, 15) is 4.79 Å². The third kappa shape index (κ3) is 6.42. The smallest absolute Gasteiger partial charge is 0.257 e. The zero-order valence-electron chi connectivity index (χ0n) is 11.4. The third-order valence-electron chi connectivity index (χ3n) is 2.58. The Balaban J connectivity index is 1.54. The maximum atomic E-state index is 11.6. The fourth-order valence-electron chi connectivity index (χ4n) is 1.56. The van der Waals surface area contributed by atoms with Crippen LogP contribution in [0.25, 0.3) is 0 Å². The van der Waals surface area contributed by atoms with Crippen LogP contribution in [0.1, 0.15) is 4.88 Å². The van der Waals surface area contributed by atoms with Gasteiger partial charge in [-0.15, -0.1) is 11.3 Å². The molecule has 0 unspecified atom stereocenters. The largest absolute Gasteiger partial charge is 0.484 e. The summed E-state index contributed by atoms with van der Waals surface area (Å²) in [6, 6.07) is 11.1. The van der Waals surface area contributed by atoms with Crippen LogP contribution in [0, 0.1) is 0 Å². The number of thiophene rings is 1. The Kier molecular flexibility index (Phi) is 6.92. The number of hydrogen-bond acceptors (Lipinski definition) is 4. The Hall–Kier alpha value is -1.17. The lowest BCUT2D eigenvalue weighted by molar-refractivity contribution is -0.122. The molecule has 0 saturated heterocycles. The molecule has 0 aliphatic heterocycles. The van der Waals surface area contributed by atoms with E-state index in [-0.39, 0.29) is 12.5 Å². The van der Waals surface area contributed by atoms with Gasteiger partial charge in [0.2, 0.25) is 0 Å². The summed E-state index contributed by atoms with van der Waals surface area (Å²) >= 11 is 9.34. The van der Waals surface area contributed by atoms with Crippen LogP contribution in [-0.2, 0) is 10.5 Å². The highest BCUT2D eigenvalue weighted by molar-refractivity contribution is 7.98. The minimum absolute atomic E-state index is 0.0250. The second-order valence-corrected chi connectivity index (χ2v) is 6.80. The number of carbonyl (C=O) groups excluding carboxylic acids is 1. The molecule has 1 aromatic carbocycles. The van der Waals surface area contributed by atoms with Crippen molar-refractivity contribution in [2.45, 2.75) is 5.75 Å². The van der Waals surface area contributed by atoms with Crippen molar-refractivity contribution < 1.29 is 9.53 Å². The van der Waals surface area contributed by atoms with Crippen LogP contribution < -0.4 is 10.1 Å².